The number of piperidine rings is 1. The van der Waals surface area contributed by atoms with Gasteiger partial charge >= 0.3 is 0 Å². The van der Waals surface area contributed by atoms with Crippen molar-refractivity contribution in [2.45, 2.75) is 19.1 Å². The normalized spacial score (nSPS) is 22.8. The Kier molecular flexibility index (Phi) is 4.01. The summed E-state index contributed by atoms with van der Waals surface area (Å²) in [5.74, 6) is 0.286. The van der Waals surface area contributed by atoms with Crippen molar-refractivity contribution in [2.24, 2.45) is 5.92 Å². The molecule has 0 spiro atoms. The van der Waals surface area contributed by atoms with Crippen LogP contribution in [0.1, 0.15) is 23.3 Å². The molecule has 0 saturated carbocycles. The number of ether oxygens (including phenoxy) is 2. The summed E-state index contributed by atoms with van der Waals surface area (Å²) in [7, 11) is 0. The number of hydrogen-bond acceptors (Lipinski definition) is 3. The summed E-state index contributed by atoms with van der Waals surface area (Å²) in [6.07, 6.45) is 1.86. The van der Waals surface area contributed by atoms with Crippen LogP contribution >= 0.6 is 11.6 Å². The lowest BCUT2D eigenvalue weighted by Gasteiger charge is -2.34. The molecule has 1 N–H and O–H groups in total. The van der Waals surface area contributed by atoms with Crippen LogP contribution in [0.3, 0.4) is 0 Å². The van der Waals surface area contributed by atoms with Crippen LogP contribution in [0.5, 0.6) is 0 Å². The zero-order valence-corrected chi connectivity index (χ0v) is 13.5. The van der Waals surface area contributed by atoms with Crippen LogP contribution in [-0.4, -0.2) is 48.4 Å². The molecule has 2 aliphatic rings. The van der Waals surface area contributed by atoms with E-state index in [0.29, 0.717) is 30.5 Å². The molecule has 5 nitrogen and oxygen atoms in total. The summed E-state index contributed by atoms with van der Waals surface area (Å²) in [5.41, 5.74) is 1.49. The van der Waals surface area contributed by atoms with Crippen LogP contribution in [-0.2, 0) is 9.47 Å². The molecular formula is C17H19ClN2O3. The van der Waals surface area contributed by atoms with E-state index in [9.17, 15) is 4.79 Å². The Balaban J connectivity index is 1.52. The quantitative estimate of drug-likeness (QED) is 0.918. The maximum Gasteiger partial charge on any atom is 0.270 e. The highest BCUT2D eigenvalue weighted by Gasteiger charge is 2.33. The van der Waals surface area contributed by atoms with Crippen molar-refractivity contribution in [3.63, 3.8) is 0 Å². The molecule has 0 bridgehead atoms. The maximum atomic E-state index is 12.8. The van der Waals surface area contributed by atoms with E-state index in [2.05, 4.69) is 4.98 Å². The van der Waals surface area contributed by atoms with Gasteiger partial charge in [0.2, 0.25) is 0 Å². The monoisotopic (exact) mass is 334 g/mol. The number of carbonyl (C=O) groups excluding carboxylic acids is 1. The van der Waals surface area contributed by atoms with E-state index in [1.165, 1.54) is 0 Å². The lowest BCUT2D eigenvalue weighted by Crippen LogP contribution is -2.43. The SMILES string of the molecule is O=C(c1cc2ccc(Cl)cc2[nH]1)N1CCCC(C2OCCO2)C1. The van der Waals surface area contributed by atoms with Crippen LogP contribution in [0.2, 0.25) is 5.02 Å². The Hall–Kier alpha value is -1.56. The van der Waals surface area contributed by atoms with Gasteiger partial charge in [0.05, 0.1) is 13.2 Å². The number of fused-ring (bicyclic) bond motifs is 1. The standard InChI is InChI=1S/C17H19ClN2O3/c18-13-4-3-11-8-15(19-14(11)9-13)16(21)20-5-1-2-12(10-20)17-22-6-7-23-17/h3-4,8-9,12,17,19H,1-2,5-7,10H2. The fraction of sp³-hybridized carbons (Fsp3) is 0.471. The first kappa shape index (κ1) is 15.0. The van der Waals surface area contributed by atoms with E-state index in [4.69, 9.17) is 21.1 Å². The zero-order valence-electron chi connectivity index (χ0n) is 12.8. The van der Waals surface area contributed by atoms with Gasteiger partial charge in [-0.2, -0.15) is 0 Å². The summed E-state index contributed by atoms with van der Waals surface area (Å²) in [6.45, 7) is 2.76. The summed E-state index contributed by atoms with van der Waals surface area (Å²) in [6, 6.07) is 7.48. The molecule has 3 heterocycles. The van der Waals surface area contributed by atoms with Crippen molar-refractivity contribution >= 4 is 28.4 Å². The van der Waals surface area contributed by atoms with E-state index in [1.807, 2.05) is 29.2 Å². The molecule has 1 amide bonds. The third kappa shape index (κ3) is 2.96. The molecule has 1 atom stereocenters. The van der Waals surface area contributed by atoms with E-state index in [0.717, 1.165) is 30.3 Å². The van der Waals surface area contributed by atoms with Crippen molar-refractivity contribution in [1.82, 2.24) is 9.88 Å². The van der Waals surface area contributed by atoms with Crippen LogP contribution in [0.15, 0.2) is 24.3 Å². The van der Waals surface area contributed by atoms with Gasteiger partial charge in [-0.15, -0.1) is 0 Å². The molecule has 1 unspecified atom stereocenters. The largest absolute Gasteiger partial charge is 0.350 e. The number of nitrogens with one attached hydrogen (secondary N) is 1. The van der Waals surface area contributed by atoms with E-state index in [-0.39, 0.29) is 18.1 Å². The molecule has 2 aliphatic heterocycles. The summed E-state index contributed by atoms with van der Waals surface area (Å²) in [5, 5.41) is 1.65. The lowest BCUT2D eigenvalue weighted by molar-refractivity contribution is -0.0969. The molecule has 0 radical (unpaired) electrons. The molecule has 2 aromatic rings. The fourth-order valence-electron chi connectivity index (χ4n) is 3.45. The molecule has 2 saturated heterocycles. The summed E-state index contributed by atoms with van der Waals surface area (Å²) < 4.78 is 11.2. The molecular weight excluding hydrogens is 316 g/mol. The Morgan fingerprint density at radius 1 is 1.26 bits per heavy atom. The summed E-state index contributed by atoms with van der Waals surface area (Å²) >= 11 is 6.00. The third-order valence-electron chi connectivity index (χ3n) is 4.59. The van der Waals surface area contributed by atoms with Crippen LogP contribution in [0.4, 0.5) is 0 Å². The molecule has 122 valence electrons. The number of nitrogens with zero attached hydrogens (tertiary/aromatic N) is 1. The van der Waals surface area contributed by atoms with Gasteiger partial charge < -0.3 is 19.4 Å². The number of hydrogen-bond donors (Lipinski definition) is 1. The first-order chi connectivity index (χ1) is 11.2. The minimum absolute atomic E-state index is 0.0278. The van der Waals surface area contributed by atoms with Crippen LogP contribution in [0.25, 0.3) is 10.9 Å². The number of likely N-dealkylation sites (tertiary alicyclic amines) is 1. The fourth-order valence-corrected chi connectivity index (χ4v) is 3.62. The molecule has 1 aromatic heterocycles. The van der Waals surface area contributed by atoms with Crippen molar-refractivity contribution in [2.75, 3.05) is 26.3 Å². The van der Waals surface area contributed by atoms with E-state index < -0.39 is 0 Å². The first-order valence-electron chi connectivity index (χ1n) is 8.01. The smallest absolute Gasteiger partial charge is 0.270 e. The first-order valence-corrected chi connectivity index (χ1v) is 8.39. The highest BCUT2D eigenvalue weighted by Crippen LogP contribution is 2.27. The number of carbonyl (C=O) groups is 1. The Bertz CT molecular complexity index is 724. The topological polar surface area (TPSA) is 54.6 Å². The van der Waals surface area contributed by atoms with Gasteiger partial charge in [-0.25, -0.2) is 0 Å². The van der Waals surface area contributed by atoms with Crippen LogP contribution < -0.4 is 0 Å². The van der Waals surface area contributed by atoms with Gasteiger partial charge in [-0.1, -0.05) is 17.7 Å². The van der Waals surface area contributed by atoms with Gasteiger partial charge in [0, 0.05) is 34.9 Å². The molecule has 2 fully saturated rings. The van der Waals surface area contributed by atoms with Gasteiger partial charge in [0.1, 0.15) is 5.69 Å². The number of aromatic nitrogens is 1. The minimum Gasteiger partial charge on any atom is -0.350 e. The lowest BCUT2D eigenvalue weighted by atomic mass is 9.97. The van der Waals surface area contributed by atoms with Gasteiger partial charge in [-0.05, 0) is 31.0 Å². The van der Waals surface area contributed by atoms with E-state index in [1.54, 1.807) is 0 Å². The van der Waals surface area contributed by atoms with Crippen molar-refractivity contribution in [3.05, 3.63) is 35.0 Å². The Morgan fingerprint density at radius 3 is 2.91 bits per heavy atom. The number of amides is 1. The van der Waals surface area contributed by atoms with Gasteiger partial charge in [0.25, 0.3) is 5.91 Å². The molecule has 4 rings (SSSR count). The Labute approximate surface area is 139 Å². The van der Waals surface area contributed by atoms with Crippen molar-refractivity contribution in [1.29, 1.82) is 0 Å². The predicted molar refractivity (Wildman–Crippen MR) is 87.6 cm³/mol. The number of halogens is 1. The second-order valence-corrected chi connectivity index (χ2v) is 6.61. The second-order valence-electron chi connectivity index (χ2n) is 6.18. The summed E-state index contributed by atoms with van der Waals surface area (Å²) in [4.78, 5) is 17.9. The number of rotatable bonds is 2. The predicted octanol–water partition coefficient (Wildman–Crippen LogP) is 3.05. The van der Waals surface area contributed by atoms with Gasteiger partial charge in [0.15, 0.2) is 6.29 Å². The average molecular weight is 335 g/mol. The molecule has 1 aromatic carbocycles. The maximum absolute atomic E-state index is 12.8. The van der Waals surface area contributed by atoms with Crippen molar-refractivity contribution in [3.8, 4) is 0 Å². The zero-order chi connectivity index (χ0) is 15.8. The molecule has 23 heavy (non-hydrogen) atoms. The number of aromatic amines is 1. The molecule has 6 heteroatoms. The van der Waals surface area contributed by atoms with Gasteiger partial charge in [-0.3, -0.25) is 4.79 Å². The average Bonchev–Trinajstić information content (AvgIpc) is 3.23. The third-order valence-corrected chi connectivity index (χ3v) is 4.83. The second kappa shape index (κ2) is 6.15. The van der Waals surface area contributed by atoms with E-state index >= 15 is 0 Å². The highest BCUT2D eigenvalue weighted by molar-refractivity contribution is 6.31. The number of H-pyrrole nitrogens is 1. The van der Waals surface area contributed by atoms with Crippen molar-refractivity contribution < 1.29 is 14.3 Å². The highest BCUT2D eigenvalue weighted by atomic mass is 35.5. The minimum atomic E-state index is -0.160. The number of benzene rings is 1. The molecule has 0 aliphatic carbocycles. The van der Waals surface area contributed by atoms with Crippen LogP contribution in [0, 0.1) is 5.92 Å². The Morgan fingerprint density at radius 2 is 2.09 bits per heavy atom.